The molecule has 0 N–H and O–H groups in total. The molecule has 5 fully saturated rings. The first kappa shape index (κ1) is 36.5. The van der Waals surface area contributed by atoms with Gasteiger partial charge in [-0.3, -0.25) is 9.59 Å². The average Bonchev–Trinajstić information content (AvgIpc) is 3.08. The molecule has 3 heterocycles. The number of unbranched alkanes of at least 4 members (excludes halogenated alkanes) is 6. The van der Waals surface area contributed by atoms with Crippen LogP contribution in [0.1, 0.15) is 196 Å². The number of carbonyl (C=O) groups excluding carboxylic acids is 2. The molecule has 5 aliphatic rings. The molecule has 0 aromatic carbocycles. The molecule has 0 amide bonds. The number of ether oxygens (including phenoxy) is 2. The van der Waals surface area contributed by atoms with Crippen LogP contribution in [-0.4, -0.2) is 45.3 Å². The van der Waals surface area contributed by atoms with Crippen LogP contribution in [0.2, 0.25) is 0 Å². The van der Waals surface area contributed by atoms with Crippen molar-refractivity contribution < 1.29 is 23.8 Å². The van der Waals surface area contributed by atoms with E-state index in [-0.39, 0.29) is 47.6 Å². The van der Waals surface area contributed by atoms with Crippen LogP contribution < -0.4 is 0 Å². The quantitative estimate of drug-likeness (QED) is 0.115. The van der Waals surface area contributed by atoms with Crippen LogP contribution in [0.25, 0.3) is 5.53 Å². The van der Waals surface area contributed by atoms with Crippen LogP contribution in [0, 0.1) is 10.8 Å². The van der Waals surface area contributed by atoms with Gasteiger partial charge >= 0.3 is 5.97 Å². The fraction of sp³-hybridized carbons (Fsp3) is 0.949. The highest BCUT2D eigenvalue weighted by Gasteiger charge is 2.82. The van der Waals surface area contributed by atoms with Gasteiger partial charge in [-0.15, -0.1) is 0 Å². The number of esters is 1. The second-order valence-electron chi connectivity index (χ2n) is 17.0. The molecule has 6 nitrogen and oxygen atoms in total. The van der Waals surface area contributed by atoms with Crippen LogP contribution in [0.3, 0.4) is 0 Å². The van der Waals surface area contributed by atoms with Crippen LogP contribution in [0.15, 0.2) is 0 Å². The Morgan fingerprint density at radius 3 is 1.89 bits per heavy atom. The molecular weight excluding hydrogens is 560 g/mol. The van der Waals surface area contributed by atoms with Gasteiger partial charge in [-0.05, 0) is 44.9 Å². The van der Waals surface area contributed by atoms with E-state index >= 15 is 4.79 Å². The number of nitrogens with zero attached hydrogens (tertiary/aromatic N) is 2. The van der Waals surface area contributed by atoms with E-state index in [2.05, 4.69) is 41.5 Å². The standard InChI is InChI=1S/C39H68N2O4/c1-7-9-10-11-15-18-21-24-31(8-2)44-32(42)25-28-39-34(43)37(29-35(3,4)33(41(39)40)36(5,6)30-37)45-38(39)26-22-19-16-13-12-14-17-20-23-27-38/h31,33H,7-30H2,1-6H3. The van der Waals surface area contributed by atoms with E-state index in [1.165, 1.54) is 75.3 Å². The third kappa shape index (κ3) is 7.56. The summed E-state index contributed by atoms with van der Waals surface area (Å²) in [4.78, 5) is 28.7. The molecule has 0 aromatic heterocycles. The molecule has 2 atom stereocenters. The molecule has 0 aromatic rings. The number of fused-ring (bicyclic) bond motifs is 2. The largest absolute Gasteiger partial charge is 0.506 e. The highest BCUT2D eigenvalue weighted by atomic mass is 16.5. The Labute approximate surface area is 276 Å². The molecule has 2 aliphatic carbocycles. The number of ketones is 1. The Kier molecular flexibility index (Phi) is 12.4. The summed E-state index contributed by atoms with van der Waals surface area (Å²) in [7, 11) is 0. The van der Waals surface area contributed by atoms with Crippen molar-refractivity contribution in [2.45, 2.75) is 225 Å². The van der Waals surface area contributed by atoms with Gasteiger partial charge in [0.15, 0.2) is 6.04 Å². The molecule has 6 heteroatoms. The fourth-order valence-corrected chi connectivity index (χ4v) is 10.7. The first-order valence-electron chi connectivity index (χ1n) is 19.3. The minimum absolute atomic E-state index is 0.0358. The number of carbonyl (C=O) groups is 2. The van der Waals surface area contributed by atoms with E-state index in [0.29, 0.717) is 12.8 Å². The normalized spacial score (nSPS) is 31.6. The van der Waals surface area contributed by atoms with Gasteiger partial charge in [0.2, 0.25) is 11.3 Å². The summed E-state index contributed by atoms with van der Waals surface area (Å²) >= 11 is 0. The summed E-state index contributed by atoms with van der Waals surface area (Å²) in [6, 6.07) is -0.205. The molecule has 2 spiro atoms. The van der Waals surface area contributed by atoms with Gasteiger partial charge in [0.1, 0.15) is 17.3 Å². The summed E-state index contributed by atoms with van der Waals surface area (Å²) < 4.78 is 14.9. The van der Waals surface area contributed by atoms with E-state index in [9.17, 15) is 10.3 Å². The SMILES string of the molecule is CCCCCCCCCC(CC)OC(=O)CCC12C(=O)C3(CC(C)(C)C([N+]1=[N-])C(C)(C)C3)OC21CCCCCCCCCCC1. The van der Waals surface area contributed by atoms with Crippen molar-refractivity contribution in [1.82, 2.24) is 0 Å². The lowest BCUT2D eigenvalue weighted by Crippen LogP contribution is -2.67. The maximum absolute atomic E-state index is 15.1. The maximum atomic E-state index is 15.1. The number of rotatable bonds is 13. The van der Waals surface area contributed by atoms with E-state index in [4.69, 9.17) is 9.47 Å². The monoisotopic (exact) mass is 629 g/mol. The van der Waals surface area contributed by atoms with Crippen molar-refractivity contribution >= 4 is 11.8 Å². The molecule has 3 saturated heterocycles. The van der Waals surface area contributed by atoms with Crippen molar-refractivity contribution in [1.29, 1.82) is 0 Å². The topological polar surface area (TPSA) is 77.9 Å². The molecule has 5 rings (SSSR count). The number of hydrogen-bond donors (Lipinski definition) is 0. The van der Waals surface area contributed by atoms with Crippen molar-refractivity contribution in [3.8, 4) is 0 Å². The van der Waals surface area contributed by atoms with Crippen molar-refractivity contribution in [3.05, 3.63) is 5.53 Å². The Balaban J connectivity index is 1.57. The van der Waals surface area contributed by atoms with E-state index in [1.807, 2.05) is 0 Å². The highest BCUT2D eigenvalue weighted by molar-refractivity contribution is 5.99. The summed E-state index contributed by atoms with van der Waals surface area (Å²) in [5, 5.41) is 0. The molecule has 3 bridgehead atoms. The average molecular weight is 629 g/mol. The first-order valence-corrected chi connectivity index (χ1v) is 19.3. The summed E-state index contributed by atoms with van der Waals surface area (Å²) in [5.74, 6) is -0.201. The van der Waals surface area contributed by atoms with Crippen molar-refractivity contribution in [2.75, 3.05) is 0 Å². The molecule has 258 valence electrons. The zero-order valence-electron chi connectivity index (χ0n) is 30.2. The van der Waals surface area contributed by atoms with E-state index in [1.54, 1.807) is 0 Å². The summed E-state index contributed by atoms with van der Waals surface area (Å²) in [5.41, 5.74) is 9.03. The molecular formula is C39H68N2O4. The zero-order chi connectivity index (χ0) is 32.8. The minimum Gasteiger partial charge on any atom is -0.506 e. The first-order chi connectivity index (χ1) is 21.4. The van der Waals surface area contributed by atoms with Gasteiger partial charge in [0.25, 0.3) is 0 Å². The smallest absolute Gasteiger partial charge is 0.306 e. The molecule has 3 aliphatic heterocycles. The maximum Gasteiger partial charge on any atom is 0.306 e. The zero-order valence-corrected chi connectivity index (χ0v) is 30.2. The van der Waals surface area contributed by atoms with Gasteiger partial charge in [-0.2, -0.15) is 0 Å². The van der Waals surface area contributed by atoms with Crippen molar-refractivity contribution in [3.63, 3.8) is 0 Å². The van der Waals surface area contributed by atoms with Gasteiger partial charge in [-0.25, -0.2) is 0 Å². The highest BCUT2D eigenvalue weighted by Crippen LogP contribution is 2.67. The van der Waals surface area contributed by atoms with Crippen LogP contribution >= 0.6 is 0 Å². The fourth-order valence-electron chi connectivity index (χ4n) is 10.7. The van der Waals surface area contributed by atoms with Crippen LogP contribution in [0.5, 0.6) is 0 Å². The third-order valence-electron chi connectivity index (χ3n) is 12.3. The number of hydrogen-bond acceptors (Lipinski definition) is 4. The van der Waals surface area contributed by atoms with Gasteiger partial charge < -0.3 is 19.7 Å². The van der Waals surface area contributed by atoms with E-state index in [0.717, 1.165) is 57.8 Å². The van der Waals surface area contributed by atoms with Gasteiger partial charge in [0.05, 0.1) is 6.42 Å². The molecule has 45 heavy (non-hydrogen) atoms. The second-order valence-corrected chi connectivity index (χ2v) is 17.0. The lowest BCUT2D eigenvalue weighted by atomic mass is 9.56. The summed E-state index contributed by atoms with van der Waals surface area (Å²) in [6.45, 7) is 13.1. The second kappa shape index (κ2) is 15.3. The summed E-state index contributed by atoms with van der Waals surface area (Å²) in [6.07, 6.45) is 23.9. The van der Waals surface area contributed by atoms with Crippen LogP contribution in [-0.2, 0) is 19.1 Å². The molecule has 2 saturated carbocycles. The Morgan fingerprint density at radius 1 is 0.844 bits per heavy atom. The predicted octanol–water partition coefficient (Wildman–Crippen LogP) is 10.6. The van der Waals surface area contributed by atoms with Crippen molar-refractivity contribution in [2.24, 2.45) is 10.8 Å². The Bertz CT molecular complexity index is 989. The Morgan fingerprint density at radius 2 is 1.36 bits per heavy atom. The van der Waals surface area contributed by atoms with Gasteiger partial charge in [-0.1, -0.05) is 138 Å². The van der Waals surface area contributed by atoms with E-state index < -0.39 is 16.7 Å². The third-order valence-corrected chi connectivity index (χ3v) is 12.3. The number of Topliss-reactive ketones (excluding diaryl/α,β-unsaturated/α-hetero) is 1. The minimum atomic E-state index is -1.23. The lowest BCUT2D eigenvalue weighted by Gasteiger charge is -2.56. The Hall–Kier alpha value is -1.30. The van der Waals surface area contributed by atoms with Gasteiger partial charge in [0, 0.05) is 17.3 Å². The molecule has 2 unspecified atom stereocenters. The predicted molar refractivity (Wildman–Crippen MR) is 181 cm³/mol. The molecule has 0 radical (unpaired) electrons. The lowest BCUT2D eigenvalue weighted by molar-refractivity contribution is -0.689. The van der Waals surface area contributed by atoms with Crippen LogP contribution in [0.4, 0.5) is 0 Å².